The van der Waals surface area contributed by atoms with Crippen molar-refractivity contribution in [3.05, 3.63) is 46.0 Å². The molecule has 0 aliphatic heterocycles. The van der Waals surface area contributed by atoms with Crippen molar-refractivity contribution >= 4 is 29.1 Å². The number of halogens is 2. The van der Waals surface area contributed by atoms with Crippen LogP contribution in [0.25, 0.3) is 0 Å². The highest BCUT2D eigenvalue weighted by atomic mass is 35.5. The molecule has 15 heavy (non-hydrogen) atoms. The summed E-state index contributed by atoms with van der Waals surface area (Å²) in [6.07, 6.45) is 0. The van der Waals surface area contributed by atoms with Crippen LogP contribution < -0.4 is 5.32 Å². The molecule has 1 aromatic rings. The van der Waals surface area contributed by atoms with Crippen molar-refractivity contribution in [2.24, 2.45) is 0 Å². The molecule has 4 heteroatoms. The van der Waals surface area contributed by atoms with Crippen molar-refractivity contribution in [1.82, 2.24) is 5.32 Å². The molecule has 0 aromatic heterocycles. The Bertz CT molecular complexity index is 402. The van der Waals surface area contributed by atoms with Crippen LogP contribution in [0.1, 0.15) is 15.9 Å². The number of rotatable bonds is 3. The van der Waals surface area contributed by atoms with Crippen LogP contribution >= 0.6 is 23.2 Å². The molecule has 0 atom stereocenters. The van der Waals surface area contributed by atoms with Crippen LogP contribution in [0, 0.1) is 6.92 Å². The Balaban J connectivity index is 2.78. The first-order valence-electron chi connectivity index (χ1n) is 4.38. The van der Waals surface area contributed by atoms with E-state index in [4.69, 9.17) is 23.2 Å². The molecule has 2 nitrogen and oxygen atoms in total. The molecule has 0 bridgehead atoms. The molecule has 0 aliphatic carbocycles. The monoisotopic (exact) mass is 243 g/mol. The van der Waals surface area contributed by atoms with E-state index in [1.165, 1.54) is 0 Å². The third kappa shape index (κ3) is 3.57. The summed E-state index contributed by atoms with van der Waals surface area (Å²) < 4.78 is 0. The van der Waals surface area contributed by atoms with Gasteiger partial charge in [-0.3, -0.25) is 4.79 Å². The average Bonchev–Trinajstić information content (AvgIpc) is 2.14. The molecule has 0 spiro atoms. The van der Waals surface area contributed by atoms with Crippen molar-refractivity contribution in [2.45, 2.75) is 6.92 Å². The van der Waals surface area contributed by atoms with Crippen molar-refractivity contribution in [3.8, 4) is 0 Å². The number of hydrogen-bond donors (Lipinski definition) is 1. The quantitative estimate of drug-likeness (QED) is 0.869. The predicted molar refractivity (Wildman–Crippen MR) is 63.5 cm³/mol. The number of amides is 1. The van der Waals surface area contributed by atoms with Crippen LogP contribution in [0.3, 0.4) is 0 Å². The number of carbonyl (C=O) groups excluding carboxylic acids is 1. The molecular weight excluding hydrogens is 233 g/mol. The Kier molecular flexibility index (Phi) is 4.18. The molecule has 0 unspecified atom stereocenters. The molecule has 1 amide bonds. The van der Waals surface area contributed by atoms with E-state index in [0.29, 0.717) is 15.6 Å². The number of nitrogens with one attached hydrogen (secondary N) is 1. The summed E-state index contributed by atoms with van der Waals surface area (Å²) in [6, 6.07) is 5.11. The number of hydrogen-bond acceptors (Lipinski definition) is 1. The number of benzene rings is 1. The SMILES string of the molecule is C=C(Cl)CNC(=O)c1ccc(Cl)cc1C. The Morgan fingerprint density at radius 1 is 1.53 bits per heavy atom. The van der Waals surface area contributed by atoms with Gasteiger partial charge in [0.25, 0.3) is 5.91 Å². The molecule has 0 fully saturated rings. The van der Waals surface area contributed by atoms with Gasteiger partial charge in [-0.05, 0) is 30.7 Å². The van der Waals surface area contributed by atoms with Gasteiger partial charge in [-0.25, -0.2) is 0 Å². The lowest BCUT2D eigenvalue weighted by atomic mass is 10.1. The zero-order valence-electron chi connectivity index (χ0n) is 8.31. The summed E-state index contributed by atoms with van der Waals surface area (Å²) in [6.45, 7) is 5.58. The topological polar surface area (TPSA) is 29.1 Å². The van der Waals surface area contributed by atoms with Gasteiger partial charge in [-0.2, -0.15) is 0 Å². The maximum Gasteiger partial charge on any atom is 0.251 e. The minimum Gasteiger partial charge on any atom is -0.347 e. The van der Waals surface area contributed by atoms with E-state index in [1.54, 1.807) is 18.2 Å². The van der Waals surface area contributed by atoms with Crippen molar-refractivity contribution in [2.75, 3.05) is 6.54 Å². The molecule has 0 aliphatic rings. The highest BCUT2D eigenvalue weighted by molar-refractivity contribution is 6.30. The summed E-state index contributed by atoms with van der Waals surface area (Å²) in [7, 11) is 0. The van der Waals surface area contributed by atoms with E-state index in [2.05, 4.69) is 11.9 Å². The fourth-order valence-corrected chi connectivity index (χ4v) is 1.45. The summed E-state index contributed by atoms with van der Waals surface area (Å²) >= 11 is 11.3. The second-order valence-corrected chi connectivity index (χ2v) is 4.13. The van der Waals surface area contributed by atoms with Gasteiger partial charge in [0, 0.05) is 15.6 Å². The molecular formula is C11H11Cl2NO. The van der Waals surface area contributed by atoms with E-state index in [0.717, 1.165) is 5.56 Å². The van der Waals surface area contributed by atoms with Crippen LogP contribution in [0.5, 0.6) is 0 Å². The molecule has 0 saturated carbocycles. The Morgan fingerprint density at radius 3 is 2.73 bits per heavy atom. The van der Waals surface area contributed by atoms with Gasteiger partial charge >= 0.3 is 0 Å². The average molecular weight is 244 g/mol. The van der Waals surface area contributed by atoms with Crippen molar-refractivity contribution < 1.29 is 4.79 Å². The molecule has 0 saturated heterocycles. The van der Waals surface area contributed by atoms with Crippen molar-refractivity contribution in [1.29, 1.82) is 0 Å². The zero-order chi connectivity index (χ0) is 11.4. The first-order valence-corrected chi connectivity index (χ1v) is 5.14. The van der Waals surface area contributed by atoms with E-state index in [-0.39, 0.29) is 12.5 Å². The highest BCUT2D eigenvalue weighted by Crippen LogP contribution is 2.15. The Hall–Kier alpha value is -0.990. The zero-order valence-corrected chi connectivity index (χ0v) is 9.82. The number of carbonyl (C=O) groups is 1. The van der Waals surface area contributed by atoms with E-state index in [1.807, 2.05) is 6.92 Å². The lowest BCUT2D eigenvalue weighted by Gasteiger charge is -2.06. The molecule has 1 rings (SSSR count). The predicted octanol–water partition coefficient (Wildman–Crippen LogP) is 3.13. The number of aryl methyl sites for hydroxylation is 1. The van der Waals surface area contributed by atoms with Gasteiger partial charge in [0.05, 0.1) is 6.54 Å². The summed E-state index contributed by atoms with van der Waals surface area (Å²) in [5.41, 5.74) is 1.43. The van der Waals surface area contributed by atoms with Gasteiger partial charge in [0.1, 0.15) is 0 Å². The maximum absolute atomic E-state index is 11.6. The molecule has 0 heterocycles. The fraction of sp³-hybridized carbons (Fsp3) is 0.182. The molecule has 80 valence electrons. The van der Waals surface area contributed by atoms with Gasteiger partial charge in [-0.15, -0.1) is 0 Å². The van der Waals surface area contributed by atoms with Gasteiger partial charge in [0.15, 0.2) is 0 Å². The third-order valence-electron chi connectivity index (χ3n) is 1.87. The minimum absolute atomic E-state index is 0.175. The maximum atomic E-state index is 11.6. The Morgan fingerprint density at radius 2 is 2.20 bits per heavy atom. The standard InChI is InChI=1S/C11H11Cl2NO/c1-7-5-9(13)3-4-10(7)11(15)14-6-8(2)12/h3-5H,2,6H2,1H3,(H,14,15). The second kappa shape index (κ2) is 5.19. The van der Waals surface area contributed by atoms with Gasteiger partial charge in [-0.1, -0.05) is 29.8 Å². The summed E-state index contributed by atoms with van der Waals surface area (Å²) in [5.74, 6) is -0.175. The smallest absolute Gasteiger partial charge is 0.251 e. The fourth-order valence-electron chi connectivity index (χ4n) is 1.15. The summed E-state index contributed by atoms with van der Waals surface area (Å²) in [5, 5.41) is 3.66. The van der Waals surface area contributed by atoms with Gasteiger partial charge in [0.2, 0.25) is 0 Å². The molecule has 1 aromatic carbocycles. The van der Waals surface area contributed by atoms with E-state index >= 15 is 0 Å². The lowest BCUT2D eigenvalue weighted by Crippen LogP contribution is -2.25. The van der Waals surface area contributed by atoms with Crippen molar-refractivity contribution in [3.63, 3.8) is 0 Å². The summed E-state index contributed by atoms with van der Waals surface area (Å²) in [4.78, 5) is 11.6. The first-order chi connectivity index (χ1) is 7.00. The highest BCUT2D eigenvalue weighted by Gasteiger charge is 2.08. The normalized spacial score (nSPS) is 9.80. The third-order valence-corrected chi connectivity index (χ3v) is 2.24. The van der Waals surface area contributed by atoms with Crippen LogP contribution in [0.15, 0.2) is 29.8 Å². The second-order valence-electron chi connectivity index (χ2n) is 3.16. The Labute approximate surface area is 98.9 Å². The van der Waals surface area contributed by atoms with Crippen LogP contribution in [-0.2, 0) is 0 Å². The molecule has 1 N–H and O–H groups in total. The van der Waals surface area contributed by atoms with Crippen LogP contribution in [-0.4, -0.2) is 12.5 Å². The first kappa shape index (κ1) is 12.1. The largest absolute Gasteiger partial charge is 0.347 e. The van der Waals surface area contributed by atoms with E-state index < -0.39 is 0 Å². The minimum atomic E-state index is -0.175. The van der Waals surface area contributed by atoms with Crippen LogP contribution in [0.4, 0.5) is 0 Å². The molecule has 0 radical (unpaired) electrons. The van der Waals surface area contributed by atoms with Crippen LogP contribution in [0.2, 0.25) is 5.02 Å². The lowest BCUT2D eigenvalue weighted by molar-refractivity contribution is 0.0957. The van der Waals surface area contributed by atoms with Gasteiger partial charge < -0.3 is 5.32 Å². The van der Waals surface area contributed by atoms with E-state index in [9.17, 15) is 4.79 Å².